The Morgan fingerprint density at radius 2 is 1.95 bits per heavy atom. The second kappa shape index (κ2) is 11.1. The molecule has 0 atom stereocenters. The van der Waals surface area contributed by atoms with Crippen LogP contribution in [0.25, 0.3) is 11.3 Å². The number of nitrogens with zero attached hydrogens (tertiary/aromatic N) is 4. The smallest absolute Gasteiger partial charge is 0.255 e. The lowest BCUT2D eigenvalue weighted by Gasteiger charge is -2.12. The number of hydrogen-bond donors (Lipinski definition) is 3. The van der Waals surface area contributed by atoms with Gasteiger partial charge in [-0.25, -0.2) is 15.0 Å². The Bertz CT molecular complexity index is 1490. The van der Waals surface area contributed by atoms with Crippen molar-refractivity contribution in [3.05, 3.63) is 109 Å². The highest BCUT2D eigenvalue weighted by Crippen LogP contribution is 2.24. The van der Waals surface area contributed by atoms with Crippen LogP contribution in [-0.4, -0.2) is 37.4 Å². The molecule has 0 saturated heterocycles. The number of ether oxygens (including phenoxy) is 1. The van der Waals surface area contributed by atoms with Crippen LogP contribution in [0.3, 0.4) is 0 Å². The molecule has 3 aromatic heterocycles. The molecule has 0 spiro atoms. The fraction of sp³-hybridized carbons (Fsp3) is 0.107. The number of aryl methyl sites for hydroxylation is 1. The van der Waals surface area contributed by atoms with Gasteiger partial charge in [0.25, 0.3) is 5.91 Å². The number of aromatic nitrogens is 5. The number of nitrogens with one attached hydrogen (secondary N) is 3. The second-order valence-electron chi connectivity index (χ2n) is 8.28. The van der Waals surface area contributed by atoms with Crippen LogP contribution in [0.1, 0.15) is 21.7 Å². The first-order valence-electron chi connectivity index (χ1n) is 11.8. The first-order valence-corrected chi connectivity index (χ1v) is 11.8. The van der Waals surface area contributed by atoms with Crippen LogP contribution in [0.15, 0.2) is 91.6 Å². The second-order valence-corrected chi connectivity index (χ2v) is 8.28. The van der Waals surface area contributed by atoms with Crippen LogP contribution in [0.5, 0.6) is 5.75 Å². The Hall–Kier alpha value is -5.05. The average molecular weight is 492 g/mol. The molecule has 3 heterocycles. The number of benzene rings is 2. The molecule has 2 aromatic carbocycles. The van der Waals surface area contributed by atoms with E-state index in [1.807, 2.05) is 49.4 Å². The number of pyridine rings is 1. The molecule has 0 aliphatic rings. The van der Waals surface area contributed by atoms with E-state index in [0.717, 1.165) is 28.3 Å². The van der Waals surface area contributed by atoms with Crippen molar-refractivity contribution in [1.29, 1.82) is 0 Å². The summed E-state index contributed by atoms with van der Waals surface area (Å²) in [5.74, 6) is 1.73. The molecular formula is C28H25N7O2. The van der Waals surface area contributed by atoms with Crippen molar-refractivity contribution in [2.75, 3.05) is 17.2 Å². The number of anilines is 3. The van der Waals surface area contributed by atoms with Crippen LogP contribution in [-0.2, 0) is 6.42 Å². The van der Waals surface area contributed by atoms with Crippen LogP contribution in [0.2, 0.25) is 0 Å². The Labute approximate surface area is 214 Å². The van der Waals surface area contributed by atoms with E-state index in [2.05, 4.69) is 35.6 Å². The predicted octanol–water partition coefficient (Wildman–Crippen LogP) is 5.19. The monoisotopic (exact) mass is 491 g/mol. The maximum absolute atomic E-state index is 13.0. The topological polar surface area (TPSA) is 118 Å². The van der Waals surface area contributed by atoms with Gasteiger partial charge < -0.3 is 20.4 Å². The lowest BCUT2D eigenvalue weighted by atomic mass is 10.1. The molecule has 1 amide bonds. The molecular weight excluding hydrogens is 466 g/mol. The molecule has 3 N–H and O–H groups in total. The van der Waals surface area contributed by atoms with Gasteiger partial charge in [-0.1, -0.05) is 12.1 Å². The van der Waals surface area contributed by atoms with Crippen molar-refractivity contribution < 1.29 is 9.53 Å². The highest BCUT2D eigenvalue weighted by Gasteiger charge is 2.11. The maximum Gasteiger partial charge on any atom is 0.255 e. The molecule has 0 bridgehead atoms. The number of imidazole rings is 1. The molecule has 5 aromatic rings. The Morgan fingerprint density at radius 3 is 2.78 bits per heavy atom. The van der Waals surface area contributed by atoms with Gasteiger partial charge in [0.05, 0.1) is 12.3 Å². The normalized spacial score (nSPS) is 10.6. The summed E-state index contributed by atoms with van der Waals surface area (Å²) in [6, 6.07) is 18.4. The molecule has 37 heavy (non-hydrogen) atoms. The van der Waals surface area contributed by atoms with Gasteiger partial charge in [0, 0.05) is 66.0 Å². The molecule has 0 fully saturated rings. The van der Waals surface area contributed by atoms with Crippen molar-refractivity contribution in [2.45, 2.75) is 13.3 Å². The molecule has 0 unspecified atom stereocenters. The van der Waals surface area contributed by atoms with Gasteiger partial charge in [0.1, 0.15) is 11.6 Å². The largest absolute Gasteiger partial charge is 0.493 e. The third-order valence-corrected chi connectivity index (χ3v) is 5.61. The van der Waals surface area contributed by atoms with Crippen molar-refractivity contribution in [1.82, 2.24) is 24.9 Å². The quantitative estimate of drug-likeness (QED) is 0.260. The lowest BCUT2D eigenvalue weighted by Crippen LogP contribution is -2.13. The van der Waals surface area contributed by atoms with Gasteiger partial charge in [-0.3, -0.25) is 9.78 Å². The first kappa shape index (κ1) is 23.7. The molecule has 0 aliphatic carbocycles. The summed E-state index contributed by atoms with van der Waals surface area (Å²) in [5, 5.41) is 6.18. The van der Waals surface area contributed by atoms with Crippen LogP contribution < -0.4 is 15.4 Å². The lowest BCUT2D eigenvalue weighted by molar-refractivity contribution is 0.102. The Morgan fingerprint density at radius 1 is 1.00 bits per heavy atom. The van der Waals surface area contributed by atoms with Crippen LogP contribution in [0.4, 0.5) is 17.3 Å². The molecule has 0 aliphatic heterocycles. The highest BCUT2D eigenvalue weighted by atomic mass is 16.5. The van der Waals surface area contributed by atoms with Crippen molar-refractivity contribution in [2.24, 2.45) is 0 Å². The number of carbonyl (C=O) groups is 1. The van der Waals surface area contributed by atoms with E-state index in [9.17, 15) is 4.79 Å². The van der Waals surface area contributed by atoms with E-state index in [1.165, 1.54) is 0 Å². The minimum absolute atomic E-state index is 0.235. The number of aromatic amines is 1. The van der Waals surface area contributed by atoms with E-state index < -0.39 is 0 Å². The summed E-state index contributed by atoms with van der Waals surface area (Å²) in [6.45, 7) is 2.43. The van der Waals surface area contributed by atoms with Crippen LogP contribution >= 0.6 is 0 Å². The maximum atomic E-state index is 13.0. The van der Waals surface area contributed by atoms with E-state index >= 15 is 0 Å². The van der Waals surface area contributed by atoms with E-state index in [1.54, 1.807) is 49.2 Å². The zero-order valence-electron chi connectivity index (χ0n) is 20.2. The molecule has 9 heteroatoms. The number of hydrogen-bond acceptors (Lipinski definition) is 7. The predicted molar refractivity (Wildman–Crippen MR) is 142 cm³/mol. The minimum atomic E-state index is -0.235. The van der Waals surface area contributed by atoms with E-state index in [0.29, 0.717) is 36.0 Å². The number of rotatable bonds is 9. The number of amides is 1. The third kappa shape index (κ3) is 6.15. The van der Waals surface area contributed by atoms with Gasteiger partial charge >= 0.3 is 0 Å². The number of H-pyrrole nitrogens is 1. The molecule has 184 valence electrons. The van der Waals surface area contributed by atoms with Crippen LogP contribution in [0, 0.1) is 6.92 Å². The van der Waals surface area contributed by atoms with Gasteiger partial charge in [0.2, 0.25) is 5.95 Å². The molecule has 0 saturated carbocycles. The Kier molecular flexibility index (Phi) is 7.12. The fourth-order valence-electron chi connectivity index (χ4n) is 3.68. The summed E-state index contributed by atoms with van der Waals surface area (Å²) < 4.78 is 5.81. The molecule has 0 radical (unpaired) electrons. The Balaban J connectivity index is 1.25. The van der Waals surface area contributed by atoms with Crippen molar-refractivity contribution >= 4 is 23.2 Å². The van der Waals surface area contributed by atoms with Gasteiger partial charge in [-0.05, 0) is 55.0 Å². The average Bonchev–Trinajstić information content (AvgIpc) is 3.44. The summed E-state index contributed by atoms with van der Waals surface area (Å²) in [7, 11) is 0. The van der Waals surface area contributed by atoms with Gasteiger partial charge in [-0.15, -0.1) is 0 Å². The molecule has 9 nitrogen and oxygen atoms in total. The minimum Gasteiger partial charge on any atom is -0.493 e. The summed E-state index contributed by atoms with van der Waals surface area (Å²) in [4.78, 5) is 33.3. The number of carbonyl (C=O) groups excluding carboxylic acids is 1. The van der Waals surface area contributed by atoms with E-state index in [4.69, 9.17) is 4.74 Å². The summed E-state index contributed by atoms with van der Waals surface area (Å²) in [5.41, 5.74) is 4.49. The third-order valence-electron chi connectivity index (χ3n) is 5.61. The summed E-state index contributed by atoms with van der Waals surface area (Å²) in [6.07, 6.45) is 9.32. The summed E-state index contributed by atoms with van der Waals surface area (Å²) >= 11 is 0. The van der Waals surface area contributed by atoms with Crippen molar-refractivity contribution in [3.63, 3.8) is 0 Å². The van der Waals surface area contributed by atoms with Gasteiger partial charge in [-0.2, -0.15) is 0 Å². The first-order chi connectivity index (χ1) is 18.1. The highest BCUT2D eigenvalue weighted by molar-refractivity contribution is 6.05. The van der Waals surface area contributed by atoms with Gasteiger partial charge in [0.15, 0.2) is 0 Å². The zero-order valence-corrected chi connectivity index (χ0v) is 20.2. The van der Waals surface area contributed by atoms with E-state index in [-0.39, 0.29) is 5.91 Å². The van der Waals surface area contributed by atoms with Crippen molar-refractivity contribution in [3.8, 4) is 17.0 Å². The fourth-order valence-corrected chi connectivity index (χ4v) is 3.68. The molecule has 5 rings (SSSR count). The SMILES string of the molecule is Cc1ccc(C(=O)Nc2cccc(OCCc3ncc[nH]3)c2)cc1Nc1nccc(-c2cccnc2)n1. The zero-order chi connectivity index (χ0) is 25.5. The standard InChI is InChI=1S/C28H25N7O2/c1-19-7-8-20(16-25(19)35-28-32-12-9-24(34-28)21-4-3-11-29-18-21)27(36)33-22-5-2-6-23(17-22)37-15-10-26-30-13-14-31-26/h2-9,11-14,16-18H,10,15H2,1H3,(H,30,31)(H,33,36)(H,32,34,35).